The van der Waals surface area contributed by atoms with Gasteiger partial charge in [-0.05, 0) is 30.3 Å². The maximum absolute atomic E-state index is 5.77. The van der Waals surface area contributed by atoms with E-state index in [-0.39, 0.29) is 0 Å². The third-order valence-electron chi connectivity index (χ3n) is 2.73. The van der Waals surface area contributed by atoms with Gasteiger partial charge in [0.2, 0.25) is 0 Å². The standard InChI is InChI=1S/C14H12N4/c15-12-5-1-3-10(7-12)13-8-14(18-17-13)11-4-2-6-16-9-11/h1-9H,15H2,(H,17,18). The lowest BCUT2D eigenvalue weighted by Crippen LogP contribution is -1.84. The summed E-state index contributed by atoms with van der Waals surface area (Å²) in [6, 6.07) is 13.6. The SMILES string of the molecule is Nc1cccc(-c2cc(-c3cccnc3)n[nH]2)c1. The van der Waals surface area contributed by atoms with Crippen LogP contribution in [0, 0.1) is 0 Å². The average Bonchev–Trinajstić information content (AvgIpc) is 2.89. The van der Waals surface area contributed by atoms with Gasteiger partial charge in [-0.1, -0.05) is 12.1 Å². The number of pyridine rings is 1. The molecule has 2 aromatic heterocycles. The molecular weight excluding hydrogens is 224 g/mol. The van der Waals surface area contributed by atoms with E-state index < -0.39 is 0 Å². The molecule has 3 rings (SSSR count). The number of nitrogen functional groups attached to an aromatic ring is 1. The first-order valence-corrected chi connectivity index (χ1v) is 5.65. The monoisotopic (exact) mass is 236 g/mol. The Labute approximate surface area is 105 Å². The third kappa shape index (κ3) is 1.96. The van der Waals surface area contributed by atoms with Gasteiger partial charge in [0.25, 0.3) is 0 Å². The van der Waals surface area contributed by atoms with Gasteiger partial charge in [-0.25, -0.2) is 0 Å². The van der Waals surface area contributed by atoms with Crippen LogP contribution in [0.5, 0.6) is 0 Å². The molecule has 0 aliphatic carbocycles. The van der Waals surface area contributed by atoms with Gasteiger partial charge >= 0.3 is 0 Å². The van der Waals surface area contributed by atoms with E-state index in [1.165, 1.54) is 0 Å². The van der Waals surface area contributed by atoms with Crippen LogP contribution in [0.15, 0.2) is 54.9 Å². The second-order valence-corrected chi connectivity index (χ2v) is 4.03. The second-order valence-electron chi connectivity index (χ2n) is 4.03. The molecule has 0 aliphatic rings. The van der Waals surface area contributed by atoms with Crippen molar-refractivity contribution in [2.24, 2.45) is 0 Å². The molecule has 0 saturated carbocycles. The van der Waals surface area contributed by atoms with Gasteiger partial charge in [0.1, 0.15) is 0 Å². The zero-order chi connectivity index (χ0) is 12.4. The van der Waals surface area contributed by atoms with Gasteiger partial charge in [-0.3, -0.25) is 10.1 Å². The highest BCUT2D eigenvalue weighted by atomic mass is 15.1. The molecule has 18 heavy (non-hydrogen) atoms. The minimum Gasteiger partial charge on any atom is -0.399 e. The molecule has 1 aromatic carbocycles. The molecule has 0 radical (unpaired) electrons. The summed E-state index contributed by atoms with van der Waals surface area (Å²) in [4.78, 5) is 4.08. The minimum atomic E-state index is 0.741. The van der Waals surface area contributed by atoms with E-state index in [2.05, 4.69) is 15.2 Å². The number of rotatable bonds is 2. The Hall–Kier alpha value is -2.62. The Morgan fingerprint density at radius 3 is 2.67 bits per heavy atom. The summed E-state index contributed by atoms with van der Waals surface area (Å²) in [7, 11) is 0. The zero-order valence-corrected chi connectivity index (χ0v) is 9.67. The summed E-state index contributed by atoms with van der Waals surface area (Å²) in [5, 5.41) is 7.30. The fraction of sp³-hybridized carbons (Fsp3) is 0. The first-order valence-electron chi connectivity index (χ1n) is 5.65. The molecule has 88 valence electrons. The lowest BCUT2D eigenvalue weighted by Gasteiger charge is -1.97. The largest absolute Gasteiger partial charge is 0.399 e. The van der Waals surface area contributed by atoms with Crippen molar-refractivity contribution in [3.63, 3.8) is 0 Å². The van der Waals surface area contributed by atoms with Crippen molar-refractivity contribution in [3.8, 4) is 22.5 Å². The first kappa shape index (κ1) is 10.5. The quantitative estimate of drug-likeness (QED) is 0.672. The normalized spacial score (nSPS) is 10.4. The highest BCUT2D eigenvalue weighted by molar-refractivity contribution is 5.69. The molecule has 3 aromatic rings. The lowest BCUT2D eigenvalue weighted by atomic mass is 10.1. The molecule has 4 heteroatoms. The summed E-state index contributed by atoms with van der Waals surface area (Å²) in [6.07, 6.45) is 3.54. The van der Waals surface area contributed by atoms with Crippen LogP contribution in [0.1, 0.15) is 0 Å². The van der Waals surface area contributed by atoms with Crippen molar-refractivity contribution in [3.05, 3.63) is 54.9 Å². The van der Waals surface area contributed by atoms with E-state index in [0.717, 1.165) is 28.2 Å². The Balaban J connectivity index is 2.00. The van der Waals surface area contributed by atoms with Crippen LogP contribution in [0.25, 0.3) is 22.5 Å². The van der Waals surface area contributed by atoms with Crippen molar-refractivity contribution in [1.82, 2.24) is 15.2 Å². The summed E-state index contributed by atoms with van der Waals surface area (Å²) in [5.41, 5.74) is 10.3. The number of nitrogens with two attached hydrogens (primary N) is 1. The Kier molecular flexibility index (Phi) is 2.53. The van der Waals surface area contributed by atoms with Crippen molar-refractivity contribution >= 4 is 5.69 Å². The van der Waals surface area contributed by atoms with Gasteiger partial charge in [-0.15, -0.1) is 0 Å². The van der Waals surface area contributed by atoms with Gasteiger partial charge < -0.3 is 5.73 Å². The highest BCUT2D eigenvalue weighted by Gasteiger charge is 2.05. The smallest absolute Gasteiger partial charge is 0.0942 e. The maximum Gasteiger partial charge on any atom is 0.0942 e. The van der Waals surface area contributed by atoms with E-state index in [0.29, 0.717) is 0 Å². The van der Waals surface area contributed by atoms with Crippen LogP contribution in [0.4, 0.5) is 5.69 Å². The molecule has 2 heterocycles. The van der Waals surface area contributed by atoms with Crippen LogP contribution < -0.4 is 5.73 Å². The van der Waals surface area contributed by atoms with Crippen LogP contribution in [0.2, 0.25) is 0 Å². The van der Waals surface area contributed by atoms with Crippen molar-refractivity contribution in [2.45, 2.75) is 0 Å². The Morgan fingerprint density at radius 2 is 1.89 bits per heavy atom. The topological polar surface area (TPSA) is 67.6 Å². The van der Waals surface area contributed by atoms with Gasteiger partial charge in [0.15, 0.2) is 0 Å². The molecule has 0 aliphatic heterocycles. The number of nitrogens with zero attached hydrogens (tertiary/aromatic N) is 2. The summed E-state index contributed by atoms with van der Waals surface area (Å²) in [5.74, 6) is 0. The number of benzene rings is 1. The predicted molar refractivity (Wildman–Crippen MR) is 71.7 cm³/mol. The molecule has 0 amide bonds. The number of aromatic amines is 1. The van der Waals surface area contributed by atoms with E-state index in [1.807, 2.05) is 42.5 Å². The van der Waals surface area contributed by atoms with Crippen LogP contribution in [-0.4, -0.2) is 15.2 Å². The maximum atomic E-state index is 5.77. The van der Waals surface area contributed by atoms with Gasteiger partial charge in [-0.2, -0.15) is 5.10 Å². The van der Waals surface area contributed by atoms with Crippen molar-refractivity contribution in [1.29, 1.82) is 0 Å². The minimum absolute atomic E-state index is 0.741. The molecule has 0 spiro atoms. The number of aromatic nitrogens is 3. The molecule has 4 nitrogen and oxygen atoms in total. The molecule has 3 N–H and O–H groups in total. The van der Waals surface area contributed by atoms with Crippen LogP contribution >= 0.6 is 0 Å². The molecule has 0 atom stereocenters. The molecule has 0 saturated heterocycles. The first-order chi connectivity index (χ1) is 8.83. The third-order valence-corrected chi connectivity index (χ3v) is 2.73. The lowest BCUT2D eigenvalue weighted by molar-refractivity contribution is 1.10. The van der Waals surface area contributed by atoms with Crippen LogP contribution in [-0.2, 0) is 0 Å². The van der Waals surface area contributed by atoms with Gasteiger partial charge in [0, 0.05) is 29.2 Å². The van der Waals surface area contributed by atoms with Crippen molar-refractivity contribution < 1.29 is 0 Å². The van der Waals surface area contributed by atoms with E-state index in [9.17, 15) is 0 Å². The van der Waals surface area contributed by atoms with Gasteiger partial charge in [0.05, 0.1) is 11.4 Å². The highest BCUT2D eigenvalue weighted by Crippen LogP contribution is 2.24. The van der Waals surface area contributed by atoms with Crippen molar-refractivity contribution in [2.75, 3.05) is 5.73 Å². The van der Waals surface area contributed by atoms with E-state index in [1.54, 1.807) is 12.4 Å². The Bertz CT molecular complexity index is 658. The summed E-state index contributed by atoms with van der Waals surface area (Å²) >= 11 is 0. The molecule has 0 fully saturated rings. The molecular formula is C14H12N4. The number of anilines is 1. The molecule has 0 bridgehead atoms. The average molecular weight is 236 g/mol. The number of nitrogens with one attached hydrogen (secondary N) is 1. The Morgan fingerprint density at radius 1 is 1.00 bits per heavy atom. The fourth-order valence-electron chi connectivity index (χ4n) is 1.84. The number of H-pyrrole nitrogens is 1. The number of hydrogen-bond donors (Lipinski definition) is 2. The summed E-state index contributed by atoms with van der Waals surface area (Å²) in [6.45, 7) is 0. The van der Waals surface area contributed by atoms with E-state index in [4.69, 9.17) is 5.73 Å². The zero-order valence-electron chi connectivity index (χ0n) is 9.67. The van der Waals surface area contributed by atoms with Crippen LogP contribution in [0.3, 0.4) is 0 Å². The van der Waals surface area contributed by atoms with E-state index >= 15 is 0 Å². The fourth-order valence-corrected chi connectivity index (χ4v) is 1.84. The molecule has 0 unspecified atom stereocenters. The predicted octanol–water partition coefficient (Wildman–Crippen LogP) is 2.72. The second kappa shape index (κ2) is 4.33. The summed E-state index contributed by atoms with van der Waals surface area (Å²) < 4.78 is 0. The number of hydrogen-bond acceptors (Lipinski definition) is 3.